The van der Waals surface area contributed by atoms with Crippen molar-refractivity contribution < 1.29 is 14.6 Å². The van der Waals surface area contributed by atoms with Crippen LogP contribution in [0.15, 0.2) is 36.4 Å². The first-order valence-electron chi connectivity index (χ1n) is 9.17. The molecule has 1 aromatic heterocycles. The molecule has 1 aromatic carbocycles. The predicted octanol–water partition coefficient (Wildman–Crippen LogP) is 4.03. The van der Waals surface area contributed by atoms with E-state index in [2.05, 4.69) is 43.5 Å². The molecule has 6 heteroatoms. The summed E-state index contributed by atoms with van der Waals surface area (Å²) in [6.07, 6.45) is -0.227. The van der Waals surface area contributed by atoms with Crippen LogP contribution in [0.25, 0.3) is 5.69 Å². The third-order valence-electron chi connectivity index (χ3n) is 5.58. The lowest BCUT2D eigenvalue weighted by atomic mass is 9.82. The zero-order valence-electron chi connectivity index (χ0n) is 15.8. The molecular weight excluding hydrogens is 342 g/mol. The molecule has 2 aromatic rings. The number of amides is 1. The smallest absolute Gasteiger partial charge is 0.408 e. The molecule has 0 radical (unpaired) electrons. The number of piperidine rings is 1. The highest BCUT2D eigenvalue weighted by Crippen LogP contribution is 2.48. The maximum absolute atomic E-state index is 11.5. The Bertz CT molecular complexity index is 950. The van der Waals surface area contributed by atoms with Crippen LogP contribution in [0, 0.1) is 11.3 Å². The molecule has 1 fully saturated rings. The number of carboxylic acid groups (broad SMARTS) is 1. The van der Waals surface area contributed by atoms with E-state index < -0.39 is 17.7 Å². The van der Waals surface area contributed by atoms with E-state index in [9.17, 15) is 15.2 Å². The van der Waals surface area contributed by atoms with Gasteiger partial charge in [-0.25, -0.2) is 4.79 Å². The van der Waals surface area contributed by atoms with Crippen molar-refractivity contribution >= 4 is 6.09 Å². The Morgan fingerprint density at radius 2 is 2.04 bits per heavy atom. The first kappa shape index (κ1) is 17.5. The van der Waals surface area contributed by atoms with Gasteiger partial charge in [-0.3, -0.25) is 4.90 Å². The van der Waals surface area contributed by atoms with E-state index in [0.717, 1.165) is 17.1 Å². The molecule has 1 N–H and O–H groups in total. The maximum Gasteiger partial charge on any atom is 0.408 e. The monoisotopic (exact) mass is 365 g/mol. The summed E-state index contributed by atoms with van der Waals surface area (Å²) in [5.74, 6) is 0.771. The van der Waals surface area contributed by atoms with Crippen LogP contribution in [-0.4, -0.2) is 33.3 Å². The molecule has 4 rings (SSSR count). The molecule has 2 atom stereocenters. The molecule has 3 heterocycles. The summed E-state index contributed by atoms with van der Waals surface area (Å²) in [4.78, 5) is 12.7. The molecule has 1 spiro atoms. The van der Waals surface area contributed by atoms with Gasteiger partial charge in [0.25, 0.3) is 0 Å². The lowest BCUT2D eigenvalue weighted by molar-refractivity contribution is -0.0226. The van der Waals surface area contributed by atoms with Crippen LogP contribution in [0.3, 0.4) is 0 Å². The number of rotatable bonds is 0. The summed E-state index contributed by atoms with van der Waals surface area (Å²) in [5.41, 5.74) is 2.38. The maximum atomic E-state index is 11.5. The molecule has 2 aliphatic rings. The van der Waals surface area contributed by atoms with Gasteiger partial charge in [-0.2, -0.15) is 5.26 Å². The number of hydrogen-bond acceptors (Lipinski definition) is 3. The number of aromatic nitrogens is 1. The van der Waals surface area contributed by atoms with Crippen molar-refractivity contribution in [3.8, 4) is 17.5 Å². The van der Waals surface area contributed by atoms with Crippen LogP contribution in [0.1, 0.15) is 45.0 Å². The Labute approximate surface area is 158 Å². The van der Waals surface area contributed by atoms with Gasteiger partial charge in [0.2, 0.25) is 0 Å². The fraction of sp³-hybridized carbons (Fsp3) is 0.429. The minimum absolute atomic E-state index is 0.0692. The third-order valence-corrected chi connectivity index (χ3v) is 5.58. The number of benzene rings is 1. The molecule has 2 unspecified atom stereocenters. The largest absolute Gasteiger partial charge is 0.479 e. The van der Waals surface area contributed by atoms with E-state index in [1.807, 2.05) is 24.3 Å². The normalized spacial score (nSPS) is 23.9. The molecule has 0 bridgehead atoms. The Kier molecular flexibility index (Phi) is 3.74. The summed E-state index contributed by atoms with van der Waals surface area (Å²) < 4.78 is 8.72. The van der Waals surface area contributed by atoms with Crippen LogP contribution in [0.5, 0.6) is 5.75 Å². The van der Waals surface area contributed by atoms with E-state index in [-0.39, 0.29) is 12.0 Å². The van der Waals surface area contributed by atoms with Gasteiger partial charge < -0.3 is 14.4 Å². The zero-order valence-corrected chi connectivity index (χ0v) is 15.8. The topological polar surface area (TPSA) is 78.5 Å². The van der Waals surface area contributed by atoms with Crippen molar-refractivity contribution in [3.05, 3.63) is 47.8 Å². The number of carbonyl (C=O) groups is 1. The summed E-state index contributed by atoms with van der Waals surface area (Å²) in [6, 6.07) is 13.5. The van der Waals surface area contributed by atoms with Gasteiger partial charge in [-0.05, 0) is 24.3 Å². The van der Waals surface area contributed by atoms with Crippen molar-refractivity contribution in [1.29, 1.82) is 5.26 Å². The van der Waals surface area contributed by atoms with Gasteiger partial charge in [0, 0.05) is 30.5 Å². The lowest BCUT2D eigenvalue weighted by Crippen LogP contribution is -2.54. The molecule has 27 heavy (non-hydrogen) atoms. The van der Waals surface area contributed by atoms with Crippen LogP contribution >= 0.6 is 0 Å². The molecule has 1 saturated heterocycles. The van der Waals surface area contributed by atoms with Crippen LogP contribution < -0.4 is 4.74 Å². The second-order valence-electron chi connectivity index (χ2n) is 8.33. The number of nitriles is 1. The number of ether oxygens (including phenoxy) is 1. The average molecular weight is 365 g/mol. The summed E-state index contributed by atoms with van der Waals surface area (Å²) in [7, 11) is 0. The van der Waals surface area contributed by atoms with Gasteiger partial charge in [0.1, 0.15) is 11.8 Å². The molecule has 1 amide bonds. The van der Waals surface area contributed by atoms with Crippen LogP contribution in [0.2, 0.25) is 0 Å². The highest BCUT2D eigenvalue weighted by molar-refractivity contribution is 5.66. The average Bonchev–Trinajstić information content (AvgIpc) is 3.08. The molecular formula is C21H23N3O3. The van der Waals surface area contributed by atoms with Crippen molar-refractivity contribution in [2.75, 3.05) is 6.54 Å². The predicted molar refractivity (Wildman–Crippen MR) is 100 cm³/mol. The highest BCUT2D eigenvalue weighted by Gasteiger charge is 2.49. The Morgan fingerprint density at radius 1 is 1.30 bits per heavy atom. The number of nitrogens with zero attached hydrogens (tertiary/aromatic N) is 3. The second kappa shape index (κ2) is 5.78. The molecule has 0 saturated carbocycles. The first-order valence-corrected chi connectivity index (χ1v) is 9.17. The minimum atomic E-state index is -1.06. The van der Waals surface area contributed by atoms with Crippen molar-refractivity contribution in [2.24, 2.45) is 0 Å². The molecule has 140 valence electrons. The fourth-order valence-corrected chi connectivity index (χ4v) is 4.28. The number of fused-ring (bicyclic) bond motifs is 4. The van der Waals surface area contributed by atoms with Gasteiger partial charge in [-0.1, -0.05) is 32.9 Å². The lowest BCUT2D eigenvalue weighted by Gasteiger charge is -2.46. The number of hydrogen-bond donors (Lipinski definition) is 1. The molecule has 2 aliphatic heterocycles. The van der Waals surface area contributed by atoms with E-state index in [1.165, 1.54) is 10.6 Å². The SMILES string of the molecule is CC(C)(C)c1ccc2n1-c1ccccc1OC21CCN(C(=O)O)C(C#N)C1. The Morgan fingerprint density at radius 3 is 2.70 bits per heavy atom. The van der Waals surface area contributed by atoms with E-state index >= 15 is 0 Å². The van der Waals surface area contributed by atoms with E-state index in [0.29, 0.717) is 12.8 Å². The van der Waals surface area contributed by atoms with Crippen LogP contribution in [-0.2, 0) is 11.0 Å². The van der Waals surface area contributed by atoms with Crippen molar-refractivity contribution in [3.63, 3.8) is 0 Å². The third kappa shape index (κ3) is 2.57. The minimum Gasteiger partial charge on any atom is -0.479 e. The van der Waals surface area contributed by atoms with Crippen LogP contribution in [0.4, 0.5) is 4.79 Å². The van der Waals surface area contributed by atoms with Gasteiger partial charge >= 0.3 is 6.09 Å². The number of likely N-dealkylation sites (tertiary alicyclic amines) is 1. The summed E-state index contributed by atoms with van der Waals surface area (Å²) >= 11 is 0. The van der Waals surface area contributed by atoms with Crippen molar-refractivity contribution in [2.45, 2.75) is 50.7 Å². The molecule has 6 nitrogen and oxygen atoms in total. The first-order chi connectivity index (χ1) is 12.8. The quantitative estimate of drug-likeness (QED) is 0.764. The Balaban J connectivity index is 1.88. The van der Waals surface area contributed by atoms with Gasteiger partial charge in [-0.15, -0.1) is 0 Å². The summed E-state index contributed by atoms with van der Waals surface area (Å²) in [6.45, 7) is 6.79. The molecule has 0 aliphatic carbocycles. The highest BCUT2D eigenvalue weighted by atomic mass is 16.5. The Hall–Kier alpha value is -2.94. The van der Waals surface area contributed by atoms with Gasteiger partial charge in [0.05, 0.1) is 17.5 Å². The zero-order chi connectivity index (χ0) is 19.4. The standard InChI is InChI=1S/C21H23N3O3/c1-20(2,3)17-8-9-18-21(10-11-23(19(25)26)14(12-21)13-22)27-16-7-5-4-6-15(16)24(17)18/h4-9,14H,10-12H2,1-3H3,(H,25,26). The number of para-hydroxylation sites is 2. The van der Waals surface area contributed by atoms with E-state index in [4.69, 9.17) is 4.74 Å². The van der Waals surface area contributed by atoms with E-state index in [1.54, 1.807) is 0 Å². The summed E-state index contributed by atoms with van der Waals surface area (Å²) in [5, 5.41) is 19.0. The fourth-order valence-electron chi connectivity index (χ4n) is 4.28. The second-order valence-corrected chi connectivity index (χ2v) is 8.33. The van der Waals surface area contributed by atoms with Gasteiger partial charge in [0.15, 0.2) is 5.60 Å². The van der Waals surface area contributed by atoms with Crippen molar-refractivity contribution in [1.82, 2.24) is 9.47 Å².